The number of carbonyl (C=O) groups is 1. The van der Waals surface area contributed by atoms with E-state index in [0.29, 0.717) is 11.3 Å². The van der Waals surface area contributed by atoms with Gasteiger partial charge in [-0.05, 0) is 44.2 Å². The number of non-ortho nitro benzene ring substituents is 1. The van der Waals surface area contributed by atoms with E-state index in [-0.39, 0.29) is 11.4 Å². The molecule has 0 spiro atoms. The number of nitro groups is 1. The Hall–Kier alpha value is -3.94. The molecular weight excluding hydrogens is 360 g/mol. The van der Waals surface area contributed by atoms with E-state index in [2.05, 4.69) is 10.5 Å². The van der Waals surface area contributed by atoms with Crippen LogP contribution in [0.4, 0.5) is 5.69 Å². The fourth-order valence-electron chi connectivity index (χ4n) is 2.93. The van der Waals surface area contributed by atoms with E-state index < -0.39 is 10.8 Å². The number of aromatic hydroxyl groups is 1. The zero-order valence-corrected chi connectivity index (χ0v) is 15.3. The molecule has 28 heavy (non-hydrogen) atoms. The van der Waals surface area contributed by atoms with Gasteiger partial charge in [0.25, 0.3) is 11.6 Å². The summed E-state index contributed by atoms with van der Waals surface area (Å²) in [5.41, 5.74) is 5.86. The van der Waals surface area contributed by atoms with Crippen LogP contribution in [0.1, 0.15) is 27.3 Å². The van der Waals surface area contributed by atoms with Gasteiger partial charge in [-0.15, -0.1) is 0 Å². The van der Waals surface area contributed by atoms with Gasteiger partial charge in [0.2, 0.25) is 0 Å². The van der Waals surface area contributed by atoms with E-state index >= 15 is 0 Å². The molecule has 0 aliphatic rings. The summed E-state index contributed by atoms with van der Waals surface area (Å²) in [4.78, 5) is 22.7. The number of hydrogen-bond donors (Lipinski definition) is 2. The SMILES string of the molecule is Cc1cc(/C=N/NC(=O)c2cccc(O)c2)c(C)n1-c1cccc([N+](=O)[O-])c1. The van der Waals surface area contributed by atoms with Crippen molar-refractivity contribution in [1.82, 2.24) is 9.99 Å². The summed E-state index contributed by atoms with van der Waals surface area (Å²) in [5, 5.41) is 24.4. The molecule has 0 saturated carbocycles. The van der Waals surface area contributed by atoms with E-state index in [1.54, 1.807) is 24.3 Å². The molecule has 1 amide bonds. The Morgan fingerprint density at radius 2 is 1.93 bits per heavy atom. The van der Waals surface area contributed by atoms with Gasteiger partial charge in [0.1, 0.15) is 5.75 Å². The van der Waals surface area contributed by atoms with Crippen LogP contribution in [0.2, 0.25) is 0 Å². The highest BCUT2D eigenvalue weighted by molar-refractivity contribution is 5.95. The lowest BCUT2D eigenvalue weighted by Gasteiger charge is -2.09. The van der Waals surface area contributed by atoms with Crippen molar-refractivity contribution in [3.8, 4) is 11.4 Å². The highest BCUT2D eigenvalue weighted by Crippen LogP contribution is 2.23. The number of aromatic nitrogens is 1. The molecule has 2 N–H and O–H groups in total. The Morgan fingerprint density at radius 3 is 2.64 bits per heavy atom. The van der Waals surface area contributed by atoms with Gasteiger partial charge < -0.3 is 9.67 Å². The number of nitrogens with one attached hydrogen (secondary N) is 1. The Kier molecular flexibility index (Phi) is 5.21. The van der Waals surface area contributed by atoms with Crippen LogP contribution < -0.4 is 5.43 Å². The number of nitro benzene ring substituents is 1. The summed E-state index contributed by atoms with van der Waals surface area (Å²) in [6.45, 7) is 3.75. The van der Waals surface area contributed by atoms with E-state index in [4.69, 9.17) is 0 Å². The molecule has 0 aliphatic heterocycles. The van der Waals surface area contributed by atoms with Crippen molar-refractivity contribution in [3.63, 3.8) is 0 Å². The maximum absolute atomic E-state index is 12.1. The molecule has 0 radical (unpaired) electrons. The van der Waals surface area contributed by atoms with Crippen LogP contribution in [0.25, 0.3) is 5.69 Å². The predicted octanol–water partition coefficient (Wildman–Crippen LogP) is 3.47. The van der Waals surface area contributed by atoms with E-state index in [1.165, 1.54) is 30.5 Å². The maximum Gasteiger partial charge on any atom is 0.271 e. The number of benzene rings is 2. The Balaban J connectivity index is 1.82. The number of phenols is 1. The fraction of sp³-hybridized carbons (Fsp3) is 0.100. The zero-order valence-electron chi connectivity index (χ0n) is 15.3. The number of nitrogens with zero attached hydrogens (tertiary/aromatic N) is 3. The van der Waals surface area contributed by atoms with Gasteiger partial charge in [-0.2, -0.15) is 5.10 Å². The minimum Gasteiger partial charge on any atom is -0.508 e. The first-order valence-electron chi connectivity index (χ1n) is 8.43. The molecule has 8 nitrogen and oxygen atoms in total. The lowest BCUT2D eigenvalue weighted by molar-refractivity contribution is -0.384. The molecule has 0 aliphatic carbocycles. The van der Waals surface area contributed by atoms with Gasteiger partial charge in [0.15, 0.2) is 0 Å². The van der Waals surface area contributed by atoms with E-state index in [1.807, 2.05) is 24.5 Å². The molecule has 0 atom stereocenters. The minimum absolute atomic E-state index is 0.00266. The van der Waals surface area contributed by atoms with Gasteiger partial charge in [-0.3, -0.25) is 14.9 Å². The van der Waals surface area contributed by atoms with E-state index in [9.17, 15) is 20.0 Å². The summed E-state index contributed by atoms with van der Waals surface area (Å²) in [6, 6.07) is 14.2. The average molecular weight is 378 g/mol. The number of rotatable bonds is 5. The molecule has 0 fully saturated rings. The van der Waals surface area contributed by atoms with Crippen LogP contribution in [0.15, 0.2) is 59.7 Å². The van der Waals surface area contributed by atoms with E-state index in [0.717, 1.165) is 17.0 Å². The molecule has 3 aromatic rings. The first-order valence-corrected chi connectivity index (χ1v) is 8.43. The Labute approximate surface area is 160 Å². The van der Waals surface area contributed by atoms with Crippen LogP contribution in [-0.4, -0.2) is 26.7 Å². The molecule has 1 heterocycles. The average Bonchev–Trinajstić information content (AvgIpc) is 2.95. The zero-order chi connectivity index (χ0) is 20.3. The lowest BCUT2D eigenvalue weighted by Crippen LogP contribution is -2.17. The second-order valence-corrected chi connectivity index (χ2v) is 6.19. The molecule has 2 aromatic carbocycles. The van der Waals surface area contributed by atoms with Crippen molar-refractivity contribution < 1.29 is 14.8 Å². The fourth-order valence-corrected chi connectivity index (χ4v) is 2.93. The van der Waals surface area contributed by atoms with Gasteiger partial charge in [0, 0.05) is 34.6 Å². The third-order valence-electron chi connectivity index (χ3n) is 4.25. The minimum atomic E-state index is -0.445. The van der Waals surface area contributed by atoms with Crippen LogP contribution in [0.5, 0.6) is 5.75 Å². The largest absolute Gasteiger partial charge is 0.508 e. The van der Waals surface area contributed by atoms with Crippen molar-refractivity contribution >= 4 is 17.8 Å². The third-order valence-corrected chi connectivity index (χ3v) is 4.25. The van der Waals surface area contributed by atoms with Gasteiger partial charge in [0.05, 0.1) is 16.8 Å². The normalized spacial score (nSPS) is 10.9. The van der Waals surface area contributed by atoms with Crippen LogP contribution in [0.3, 0.4) is 0 Å². The number of hydrogen-bond acceptors (Lipinski definition) is 5. The molecule has 1 aromatic heterocycles. The van der Waals surface area contributed by atoms with Crippen LogP contribution in [-0.2, 0) is 0 Å². The lowest BCUT2D eigenvalue weighted by atomic mass is 10.2. The summed E-state index contributed by atoms with van der Waals surface area (Å²) >= 11 is 0. The second-order valence-electron chi connectivity index (χ2n) is 6.19. The standard InChI is InChI=1S/C20H18N4O4/c1-13-9-16(12-21-22-20(26)15-5-3-8-19(25)10-15)14(2)23(13)17-6-4-7-18(11-17)24(27)28/h3-12,25H,1-2H3,(H,22,26)/b21-12+. The smallest absolute Gasteiger partial charge is 0.271 e. The molecule has 0 saturated heterocycles. The molecule has 0 unspecified atom stereocenters. The van der Waals surface area contributed by atoms with Crippen molar-refractivity contribution in [2.24, 2.45) is 5.10 Å². The Morgan fingerprint density at radius 1 is 1.18 bits per heavy atom. The van der Waals surface area contributed by atoms with Gasteiger partial charge >= 0.3 is 0 Å². The molecule has 0 bridgehead atoms. The molecule has 8 heteroatoms. The quantitative estimate of drug-likeness (QED) is 0.402. The number of hydrazone groups is 1. The van der Waals surface area contributed by atoms with Gasteiger partial charge in [-0.1, -0.05) is 12.1 Å². The highest BCUT2D eigenvalue weighted by atomic mass is 16.6. The van der Waals surface area contributed by atoms with Crippen molar-refractivity contribution in [2.45, 2.75) is 13.8 Å². The maximum atomic E-state index is 12.1. The molecule has 142 valence electrons. The number of carbonyl (C=O) groups excluding carboxylic acids is 1. The second kappa shape index (κ2) is 7.75. The third kappa shape index (κ3) is 3.90. The highest BCUT2D eigenvalue weighted by Gasteiger charge is 2.13. The molecular formula is C20H18N4O4. The predicted molar refractivity (Wildman–Crippen MR) is 105 cm³/mol. The Bertz CT molecular complexity index is 1090. The summed E-state index contributed by atoms with van der Waals surface area (Å²) in [6.07, 6.45) is 1.51. The first kappa shape index (κ1) is 18.8. The summed E-state index contributed by atoms with van der Waals surface area (Å²) in [5.74, 6) is -0.447. The van der Waals surface area contributed by atoms with Crippen molar-refractivity contribution in [2.75, 3.05) is 0 Å². The first-order chi connectivity index (χ1) is 13.4. The van der Waals surface area contributed by atoms with Crippen molar-refractivity contribution in [3.05, 3.63) is 87.2 Å². The number of amides is 1. The topological polar surface area (TPSA) is 110 Å². The molecule has 3 rings (SSSR count). The number of phenolic OH excluding ortho intramolecular Hbond substituents is 1. The van der Waals surface area contributed by atoms with Crippen molar-refractivity contribution in [1.29, 1.82) is 0 Å². The summed E-state index contributed by atoms with van der Waals surface area (Å²) in [7, 11) is 0. The van der Waals surface area contributed by atoms with Crippen LogP contribution in [0, 0.1) is 24.0 Å². The summed E-state index contributed by atoms with van der Waals surface area (Å²) < 4.78 is 1.88. The number of aryl methyl sites for hydroxylation is 1. The monoisotopic (exact) mass is 378 g/mol. The van der Waals surface area contributed by atoms with Gasteiger partial charge in [-0.25, -0.2) is 5.43 Å². The van der Waals surface area contributed by atoms with Crippen LogP contribution >= 0.6 is 0 Å².